The van der Waals surface area contributed by atoms with Crippen LogP contribution >= 0.6 is 11.8 Å². The van der Waals surface area contributed by atoms with Crippen LogP contribution in [0.1, 0.15) is 5.56 Å². The summed E-state index contributed by atoms with van der Waals surface area (Å²) in [5.41, 5.74) is 3.04. The molecule has 0 amide bonds. The standard InChI is InChI=1S/C18H14N6O3S/c1-27-15-8-6-13(7-9-15)23-17-16(21-22-23)18(20-11-19-17)28-10-12-2-4-14(5-3-12)24(25)26/h2-9,11H,10H2,1H3. The molecule has 0 bridgehead atoms. The first-order valence-electron chi connectivity index (χ1n) is 8.22. The molecule has 0 aliphatic heterocycles. The number of hydrogen-bond donors (Lipinski definition) is 0. The van der Waals surface area contributed by atoms with E-state index >= 15 is 0 Å². The van der Waals surface area contributed by atoms with Gasteiger partial charge in [0.2, 0.25) is 0 Å². The van der Waals surface area contributed by atoms with Crippen molar-refractivity contribution in [1.29, 1.82) is 0 Å². The summed E-state index contributed by atoms with van der Waals surface area (Å²) in [7, 11) is 1.61. The second-order valence-electron chi connectivity index (χ2n) is 5.76. The van der Waals surface area contributed by atoms with Gasteiger partial charge >= 0.3 is 0 Å². The molecule has 0 aliphatic carbocycles. The van der Waals surface area contributed by atoms with E-state index in [4.69, 9.17) is 4.74 Å². The Kier molecular flexibility index (Phi) is 4.85. The minimum absolute atomic E-state index is 0.0700. The van der Waals surface area contributed by atoms with E-state index in [2.05, 4.69) is 20.3 Å². The second-order valence-corrected chi connectivity index (χ2v) is 6.73. The fourth-order valence-electron chi connectivity index (χ4n) is 2.60. The van der Waals surface area contributed by atoms with Gasteiger partial charge in [-0.25, -0.2) is 9.97 Å². The molecule has 0 aliphatic rings. The number of methoxy groups -OCH3 is 1. The zero-order valence-corrected chi connectivity index (χ0v) is 15.5. The number of non-ortho nitro benzene ring substituents is 1. The largest absolute Gasteiger partial charge is 0.497 e. The molecule has 4 rings (SSSR count). The number of aromatic nitrogens is 5. The molecule has 0 spiro atoms. The van der Waals surface area contributed by atoms with Gasteiger partial charge in [-0.1, -0.05) is 29.1 Å². The fourth-order valence-corrected chi connectivity index (χ4v) is 3.48. The lowest BCUT2D eigenvalue weighted by atomic mass is 10.2. The maximum Gasteiger partial charge on any atom is 0.269 e. The smallest absolute Gasteiger partial charge is 0.269 e. The van der Waals surface area contributed by atoms with Gasteiger partial charge in [0.15, 0.2) is 11.2 Å². The van der Waals surface area contributed by atoms with Crippen molar-refractivity contribution in [1.82, 2.24) is 25.0 Å². The molecular formula is C18H14N6O3S. The van der Waals surface area contributed by atoms with Crippen LogP contribution in [0.2, 0.25) is 0 Å². The summed E-state index contributed by atoms with van der Waals surface area (Å²) in [6.07, 6.45) is 1.48. The molecule has 4 aromatic rings. The number of benzene rings is 2. The average Bonchev–Trinajstić information content (AvgIpc) is 3.17. The van der Waals surface area contributed by atoms with Gasteiger partial charge < -0.3 is 4.74 Å². The number of hydrogen-bond acceptors (Lipinski definition) is 8. The van der Waals surface area contributed by atoms with Crippen LogP contribution in [0.25, 0.3) is 16.9 Å². The average molecular weight is 394 g/mol. The lowest BCUT2D eigenvalue weighted by Gasteiger charge is -2.04. The number of fused-ring (bicyclic) bond motifs is 1. The number of thioether (sulfide) groups is 1. The SMILES string of the molecule is COc1ccc(-n2nnc3c(SCc4ccc([N+](=O)[O-])cc4)ncnc32)cc1. The third-order valence-corrected chi connectivity index (χ3v) is 5.09. The second kappa shape index (κ2) is 7.61. The third-order valence-electron chi connectivity index (χ3n) is 4.04. The van der Waals surface area contributed by atoms with Crippen molar-refractivity contribution in [2.75, 3.05) is 7.11 Å². The van der Waals surface area contributed by atoms with Crippen LogP contribution in [0.4, 0.5) is 5.69 Å². The molecule has 0 radical (unpaired) electrons. The first-order chi connectivity index (χ1) is 13.7. The van der Waals surface area contributed by atoms with E-state index in [1.54, 1.807) is 23.9 Å². The maximum atomic E-state index is 10.8. The molecule has 0 N–H and O–H groups in total. The molecule has 0 saturated carbocycles. The Morgan fingerprint density at radius 3 is 2.54 bits per heavy atom. The minimum atomic E-state index is -0.414. The molecule has 9 nitrogen and oxygen atoms in total. The Morgan fingerprint density at radius 2 is 1.86 bits per heavy atom. The summed E-state index contributed by atoms with van der Waals surface area (Å²) in [5, 5.41) is 19.9. The minimum Gasteiger partial charge on any atom is -0.497 e. The molecule has 2 heterocycles. The zero-order valence-electron chi connectivity index (χ0n) is 14.7. The Hall–Kier alpha value is -3.53. The van der Waals surface area contributed by atoms with Gasteiger partial charge in [0.05, 0.1) is 17.7 Å². The van der Waals surface area contributed by atoms with Crippen LogP contribution in [-0.4, -0.2) is 37.0 Å². The molecule has 0 unspecified atom stereocenters. The van der Waals surface area contributed by atoms with Gasteiger partial charge in [-0.05, 0) is 29.8 Å². The summed E-state index contributed by atoms with van der Waals surface area (Å²) >= 11 is 1.48. The summed E-state index contributed by atoms with van der Waals surface area (Å²) in [5.74, 6) is 1.35. The quantitative estimate of drug-likeness (QED) is 0.212. The van der Waals surface area contributed by atoms with E-state index in [-0.39, 0.29) is 5.69 Å². The van der Waals surface area contributed by atoms with Crippen molar-refractivity contribution in [2.45, 2.75) is 10.8 Å². The van der Waals surface area contributed by atoms with Crippen molar-refractivity contribution < 1.29 is 9.66 Å². The fraction of sp³-hybridized carbons (Fsp3) is 0.111. The Labute approximate surface area is 163 Å². The van der Waals surface area contributed by atoms with Gasteiger partial charge in [0.25, 0.3) is 5.69 Å². The predicted molar refractivity (Wildman–Crippen MR) is 104 cm³/mol. The summed E-state index contributed by atoms with van der Waals surface area (Å²) < 4.78 is 6.82. The number of nitro benzene ring substituents is 1. The van der Waals surface area contributed by atoms with Crippen molar-refractivity contribution in [2.24, 2.45) is 0 Å². The molecule has 10 heteroatoms. The highest BCUT2D eigenvalue weighted by Crippen LogP contribution is 2.27. The highest BCUT2D eigenvalue weighted by molar-refractivity contribution is 7.98. The third kappa shape index (κ3) is 3.49. The zero-order chi connectivity index (χ0) is 19.5. The molecule has 140 valence electrons. The number of nitro groups is 1. The van der Waals surface area contributed by atoms with Crippen molar-refractivity contribution in [3.63, 3.8) is 0 Å². The van der Waals surface area contributed by atoms with Gasteiger partial charge in [0.1, 0.15) is 17.1 Å². The summed E-state index contributed by atoms with van der Waals surface area (Å²) in [6.45, 7) is 0. The van der Waals surface area contributed by atoms with Crippen molar-refractivity contribution in [3.05, 3.63) is 70.5 Å². The van der Waals surface area contributed by atoms with E-state index < -0.39 is 4.92 Å². The summed E-state index contributed by atoms with van der Waals surface area (Å²) in [4.78, 5) is 19.0. The number of nitrogens with zero attached hydrogens (tertiary/aromatic N) is 6. The van der Waals surface area contributed by atoms with Gasteiger partial charge in [-0.3, -0.25) is 10.1 Å². The van der Waals surface area contributed by atoms with Gasteiger partial charge in [-0.15, -0.1) is 5.10 Å². The normalized spacial score (nSPS) is 10.9. The van der Waals surface area contributed by atoms with Crippen LogP contribution in [0, 0.1) is 10.1 Å². The van der Waals surface area contributed by atoms with E-state index in [0.717, 1.165) is 17.0 Å². The Morgan fingerprint density at radius 1 is 1.11 bits per heavy atom. The molecule has 0 atom stereocenters. The van der Waals surface area contributed by atoms with Crippen LogP contribution in [0.15, 0.2) is 59.9 Å². The lowest BCUT2D eigenvalue weighted by molar-refractivity contribution is -0.384. The lowest BCUT2D eigenvalue weighted by Crippen LogP contribution is -1.98. The first kappa shape index (κ1) is 17.9. The molecule has 0 saturated heterocycles. The maximum absolute atomic E-state index is 10.8. The van der Waals surface area contributed by atoms with Crippen LogP contribution in [0.5, 0.6) is 5.75 Å². The van der Waals surface area contributed by atoms with E-state index in [0.29, 0.717) is 21.9 Å². The molecular weight excluding hydrogens is 380 g/mol. The van der Waals surface area contributed by atoms with Crippen LogP contribution in [0.3, 0.4) is 0 Å². The van der Waals surface area contributed by atoms with E-state index in [1.807, 2.05) is 24.3 Å². The molecule has 2 aromatic carbocycles. The first-order valence-corrected chi connectivity index (χ1v) is 9.21. The van der Waals surface area contributed by atoms with Crippen molar-refractivity contribution in [3.8, 4) is 11.4 Å². The topological polar surface area (TPSA) is 109 Å². The van der Waals surface area contributed by atoms with Crippen LogP contribution < -0.4 is 4.74 Å². The molecule has 0 fully saturated rings. The Balaban J connectivity index is 1.58. The van der Waals surface area contributed by atoms with Gasteiger partial charge in [-0.2, -0.15) is 4.68 Å². The number of rotatable bonds is 6. The number of ether oxygens (including phenoxy) is 1. The predicted octanol–water partition coefficient (Wildman–Crippen LogP) is 3.42. The van der Waals surface area contributed by atoms with Crippen molar-refractivity contribution >= 4 is 28.6 Å². The Bertz CT molecular complexity index is 1130. The van der Waals surface area contributed by atoms with Crippen LogP contribution in [-0.2, 0) is 5.75 Å². The highest BCUT2D eigenvalue weighted by Gasteiger charge is 2.14. The van der Waals surface area contributed by atoms with Gasteiger partial charge in [0, 0.05) is 17.9 Å². The summed E-state index contributed by atoms with van der Waals surface area (Å²) in [6, 6.07) is 13.9. The van der Waals surface area contributed by atoms with E-state index in [1.165, 1.54) is 30.2 Å². The monoisotopic (exact) mass is 394 g/mol. The molecule has 2 aromatic heterocycles. The van der Waals surface area contributed by atoms with E-state index in [9.17, 15) is 10.1 Å². The highest BCUT2D eigenvalue weighted by atomic mass is 32.2. The molecule has 28 heavy (non-hydrogen) atoms.